The van der Waals surface area contributed by atoms with Crippen LogP contribution in [0, 0.1) is 18.6 Å². The molecular formula is C16H15F2NO. The van der Waals surface area contributed by atoms with Gasteiger partial charge in [0.15, 0.2) is 17.4 Å². The summed E-state index contributed by atoms with van der Waals surface area (Å²) >= 11 is 0. The van der Waals surface area contributed by atoms with Crippen LogP contribution in [-0.2, 0) is 13.0 Å². The van der Waals surface area contributed by atoms with E-state index in [2.05, 4.69) is 0 Å². The summed E-state index contributed by atoms with van der Waals surface area (Å²) in [5, 5.41) is 0. The number of carbonyl (C=O) groups excluding carboxylic acids is 1. The van der Waals surface area contributed by atoms with Crippen LogP contribution in [0.2, 0.25) is 0 Å². The Kier molecular flexibility index (Phi) is 3.16. The number of ketones is 1. The van der Waals surface area contributed by atoms with E-state index in [1.165, 1.54) is 6.07 Å². The molecule has 0 amide bonds. The number of hydrogen-bond acceptors (Lipinski definition) is 1. The predicted octanol–water partition coefficient (Wildman–Crippen LogP) is 3.64. The Balaban J connectivity index is 1.98. The number of halogens is 2. The van der Waals surface area contributed by atoms with Gasteiger partial charge in [0.05, 0.1) is 0 Å². The molecule has 4 heteroatoms. The van der Waals surface area contributed by atoms with Crippen molar-refractivity contribution in [3.8, 4) is 0 Å². The fourth-order valence-corrected chi connectivity index (χ4v) is 2.83. The van der Waals surface area contributed by atoms with Crippen molar-refractivity contribution in [2.75, 3.05) is 0 Å². The van der Waals surface area contributed by atoms with Crippen LogP contribution in [0.5, 0.6) is 0 Å². The van der Waals surface area contributed by atoms with Crippen LogP contribution in [-0.4, -0.2) is 10.4 Å². The second-order valence-corrected chi connectivity index (χ2v) is 5.26. The summed E-state index contributed by atoms with van der Waals surface area (Å²) in [6.45, 7) is 2.40. The molecule has 0 aliphatic heterocycles. The first-order valence-electron chi connectivity index (χ1n) is 6.72. The third kappa shape index (κ3) is 2.15. The minimum absolute atomic E-state index is 0.179. The first-order chi connectivity index (χ1) is 9.56. The molecule has 20 heavy (non-hydrogen) atoms. The summed E-state index contributed by atoms with van der Waals surface area (Å²) in [7, 11) is 0. The van der Waals surface area contributed by atoms with Gasteiger partial charge in [-0.05, 0) is 43.5 Å². The zero-order valence-corrected chi connectivity index (χ0v) is 11.2. The van der Waals surface area contributed by atoms with Gasteiger partial charge in [-0.1, -0.05) is 6.07 Å². The van der Waals surface area contributed by atoms with Crippen molar-refractivity contribution in [1.29, 1.82) is 0 Å². The third-order valence-corrected chi connectivity index (χ3v) is 3.86. The number of benzene rings is 1. The molecule has 0 saturated heterocycles. The van der Waals surface area contributed by atoms with Crippen LogP contribution in [0.25, 0.3) is 0 Å². The smallest absolute Gasteiger partial charge is 0.164 e. The number of fused-ring (bicyclic) bond motifs is 1. The molecule has 0 bridgehead atoms. The molecule has 0 N–H and O–H groups in total. The predicted molar refractivity (Wildman–Crippen MR) is 71.9 cm³/mol. The molecule has 1 aromatic heterocycles. The summed E-state index contributed by atoms with van der Waals surface area (Å²) in [5.74, 6) is -1.49. The highest BCUT2D eigenvalue weighted by atomic mass is 19.2. The fourth-order valence-electron chi connectivity index (χ4n) is 2.83. The van der Waals surface area contributed by atoms with Gasteiger partial charge in [0, 0.05) is 29.9 Å². The van der Waals surface area contributed by atoms with Crippen LogP contribution in [0.3, 0.4) is 0 Å². The van der Waals surface area contributed by atoms with E-state index in [0.717, 1.165) is 35.9 Å². The number of Topliss-reactive ketones (excluding diaryl/α,β-unsaturated/α-hetero) is 1. The van der Waals surface area contributed by atoms with E-state index in [-0.39, 0.29) is 5.78 Å². The van der Waals surface area contributed by atoms with Crippen molar-refractivity contribution in [3.05, 3.63) is 58.4 Å². The molecular weight excluding hydrogens is 260 g/mol. The quantitative estimate of drug-likeness (QED) is 0.820. The summed E-state index contributed by atoms with van der Waals surface area (Å²) in [6, 6.07) is 5.83. The molecule has 1 aliphatic rings. The average molecular weight is 275 g/mol. The van der Waals surface area contributed by atoms with Gasteiger partial charge in [0.2, 0.25) is 0 Å². The molecule has 1 aromatic carbocycles. The molecule has 0 radical (unpaired) electrons. The Morgan fingerprint density at radius 2 is 1.95 bits per heavy atom. The summed E-state index contributed by atoms with van der Waals surface area (Å²) < 4.78 is 28.3. The lowest BCUT2D eigenvalue weighted by molar-refractivity contribution is 0.0972. The lowest BCUT2D eigenvalue weighted by Crippen LogP contribution is -2.14. The SMILES string of the molecule is Cc1cc2c(n1Cc1ccc(F)c(F)c1)CCCC2=O. The van der Waals surface area contributed by atoms with E-state index in [1.807, 2.05) is 17.6 Å². The monoisotopic (exact) mass is 275 g/mol. The number of rotatable bonds is 2. The number of carbonyl (C=O) groups is 1. The average Bonchev–Trinajstić information content (AvgIpc) is 2.73. The first-order valence-corrected chi connectivity index (χ1v) is 6.72. The topological polar surface area (TPSA) is 22.0 Å². The normalized spacial score (nSPS) is 14.4. The second-order valence-electron chi connectivity index (χ2n) is 5.26. The lowest BCUT2D eigenvalue weighted by Gasteiger charge is -2.16. The lowest BCUT2D eigenvalue weighted by atomic mass is 9.96. The minimum atomic E-state index is -0.838. The minimum Gasteiger partial charge on any atom is -0.344 e. The molecule has 2 aromatic rings. The van der Waals surface area contributed by atoms with Gasteiger partial charge >= 0.3 is 0 Å². The van der Waals surface area contributed by atoms with Crippen LogP contribution in [0.1, 0.15) is 40.2 Å². The number of aryl methyl sites for hydroxylation is 1. The maximum absolute atomic E-state index is 13.3. The van der Waals surface area contributed by atoms with Crippen molar-refractivity contribution < 1.29 is 13.6 Å². The maximum atomic E-state index is 13.3. The van der Waals surface area contributed by atoms with E-state index >= 15 is 0 Å². The molecule has 1 heterocycles. The van der Waals surface area contributed by atoms with Gasteiger partial charge in [-0.15, -0.1) is 0 Å². The van der Waals surface area contributed by atoms with Gasteiger partial charge in [0.25, 0.3) is 0 Å². The highest BCUT2D eigenvalue weighted by molar-refractivity contribution is 5.98. The van der Waals surface area contributed by atoms with Gasteiger partial charge in [-0.3, -0.25) is 4.79 Å². The number of aromatic nitrogens is 1. The molecule has 0 fully saturated rings. The Morgan fingerprint density at radius 3 is 2.70 bits per heavy atom. The summed E-state index contributed by atoms with van der Waals surface area (Å²) in [6.07, 6.45) is 2.31. The molecule has 104 valence electrons. The molecule has 0 saturated carbocycles. The molecule has 3 rings (SSSR count). The van der Waals surface area contributed by atoms with Crippen LogP contribution in [0.15, 0.2) is 24.3 Å². The summed E-state index contributed by atoms with van der Waals surface area (Å²) in [5.41, 5.74) is 3.48. The zero-order valence-electron chi connectivity index (χ0n) is 11.2. The van der Waals surface area contributed by atoms with Crippen molar-refractivity contribution in [1.82, 2.24) is 4.57 Å². The van der Waals surface area contributed by atoms with E-state index in [0.29, 0.717) is 18.5 Å². The van der Waals surface area contributed by atoms with Crippen LogP contribution in [0.4, 0.5) is 8.78 Å². The van der Waals surface area contributed by atoms with Crippen molar-refractivity contribution in [2.45, 2.75) is 32.7 Å². The zero-order chi connectivity index (χ0) is 14.3. The van der Waals surface area contributed by atoms with Crippen molar-refractivity contribution >= 4 is 5.78 Å². The maximum Gasteiger partial charge on any atom is 0.164 e. The van der Waals surface area contributed by atoms with Gasteiger partial charge in [0.1, 0.15) is 0 Å². The van der Waals surface area contributed by atoms with Gasteiger partial charge < -0.3 is 4.57 Å². The fraction of sp³-hybridized carbons (Fsp3) is 0.312. The number of nitrogens with zero attached hydrogens (tertiary/aromatic N) is 1. The first kappa shape index (κ1) is 13.0. The third-order valence-electron chi connectivity index (χ3n) is 3.86. The Hall–Kier alpha value is -1.97. The highest BCUT2D eigenvalue weighted by Crippen LogP contribution is 2.26. The molecule has 0 atom stereocenters. The Bertz CT molecular complexity index is 688. The molecule has 0 unspecified atom stereocenters. The Morgan fingerprint density at radius 1 is 1.15 bits per heavy atom. The van der Waals surface area contributed by atoms with Crippen molar-refractivity contribution in [2.24, 2.45) is 0 Å². The molecule has 2 nitrogen and oxygen atoms in total. The standard InChI is InChI=1S/C16H15F2NO/c1-10-7-12-15(3-2-4-16(12)20)19(10)9-11-5-6-13(17)14(18)8-11/h5-8H,2-4,9H2,1H3. The van der Waals surface area contributed by atoms with Crippen LogP contribution >= 0.6 is 0 Å². The van der Waals surface area contributed by atoms with Gasteiger partial charge in [-0.2, -0.15) is 0 Å². The van der Waals surface area contributed by atoms with E-state index in [4.69, 9.17) is 0 Å². The second kappa shape index (κ2) is 4.85. The highest BCUT2D eigenvalue weighted by Gasteiger charge is 2.22. The Labute approximate surface area is 116 Å². The van der Waals surface area contributed by atoms with E-state index in [9.17, 15) is 13.6 Å². The van der Waals surface area contributed by atoms with Crippen LogP contribution < -0.4 is 0 Å². The van der Waals surface area contributed by atoms with E-state index < -0.39 is 11.6 Å². The summed E-state index contributed by atoms with van der Waals surface area (Å²) in [4.78, 5) is 11.9. The largest absolute Gasteiger partial charge is 0.344 e. The number of hydrogen-bond donors (Lipinski definition) is 0. The molecule has 1 aliphatic carbocycles. The molecule has 0 spiro atoms. The van der Waals surface area contributed by atoms with Gasteiger partial charge in [-0.25, -0.2) is 8.78 Å². The van der Waals surface area contributed by atoms with E-state index in [1.54, 1.807) is 6.07 Å². The van der Waals surface area contributed by atoms with Crippen molar-refractivity contribution in [3.63, 3.8) is 0 Å².